The Balaban J connectivity index is 1.77. The van der Waals surface area contributed by atoms with Crippen LogP contribution < -0.4 is 10.2 Å². The first-order valence-corrected chi connectivity index (χ1v) is 7.25. The maximum absolute atomic E-state index is 11.6. The number of hydrazone groups is 1. The molecule has 0 fully saturated rings. The molecule has 22 heavy (non-hydrogen) atoms. The highest BCUT2D eigenvalue weighted by Crippen LogP contribution is 2.18. The van der Waals surface area contributed by atoms with Crippen LogP contribution in [0.25, 0.3) is 0 Å². The minimum Gasteiger partial charge on any atom is -0.484 e. The molecule has 0 aromatic heterocycles. The smallest absolute Gasteiger partial charge is 0.277 e. The Morgan fingerprint density at radius 2 is 1.82 bits per heavy atom. The average molecular weight is 296 g/mol. The maximum Gasteiger partial charge on any atom is 0.277 e. The quantitative estimate of drug-likeness (QED) is 0.656. The first-order chi connectivity index (χ1) is 10.6. The Morgan fingerprint density at radius 1 is 1.14 bits per heavy atom. The number of amides is 1. The minimum atomic E-state index is -0.292. The van der Waals surface area contributed by atoms with Crippen LogP contribution in [0.3, 0.4) is 0 Å². The standard InChI is InChI=1S/C18H20N2O2/c1-14(2)16-8-10-17(11-9-16)22-13-18(21)20-19-12-15-6-4-3-5-7-15/h3-12,14H,13H2,1-2H3,(H,20,21). The molecule has 0 bridgehead atoms. The van der Waals surface area contributed by atoms with E-state index in [4.69, 9.17) is 4.74 Å². The van der Waals surface area contributed by atoms with E-state index in [9.17, 15) is 4.79 Å². The van der Waals surface area contributed by atoms with Gasteiger partial charge in [0.1, 0.15) is 5.75 Å². The van der Waals surface area contributed by atoms with Crippen molar-refractivity contribution in [2.75, 3.05) is 6.61 Å². The van der Waals surface area contributed by atoms with Crippen LogP contribution in [0.15, 0.2) is 59.7 Å². The number of rotatable bonds is 6. The van der Waals surface area contributed by atoms with Crippen LogP contribution in [-0.4, -0.2) is 18.7 Å². The van der Waals surface area contributed by atoms with Gasteiger partial charge < -0.3 is 4.74 Å². The Labute approximate surface area is 130 Å². The molecule has 0 radical (unpaired) electrons. The number of carbonyl (C=O) groups excluding carboxylic acids is 1. The van der Waals surface area contributed by atoms with Gasteiger partial charge in [-0.1, -0.05) is 56.3 Å². The molecule has 4 nitrogen and oxygen atoms in total. The van der Waals surface area contributed by atoms with Gasteiger partial charge in [-0.2, -0.15) is 5.10 Å². The molecule has 1 N–H and O–H groups in total. The summed E-state index contributed by atoms with van der Waals surface area (Å²) < 4.78 is 5.42. The van der Waals surface area contributed by atoms with Crippen molar-refractivity contribution in [1.82, 2.24) is 5.43 Å². The average Bonchev–Trinajstić information content (AvgIpc) is 2.54. The first kappa shape index (κ1) is 15.8. The third-order valence-electron chi connectivity index (χ3n) is 3.12. The van der Waals surface area contributed by atoms with E-state index >= 15 is 0 Å². The van der Waals surface area contributed by atoms with Crippen molar-refractivity contribution in [3.8, 4) is 5.75 Å². The predicted molar refractivity (Wildman–Crippen MR) is 88.2 cm³/mol. The molecule has 0 aliphatic rings. The lowest BCUT2D eigenvalue weighted by Crippen LogP contribution is -2.24. The second-order valence-electron chi connectivity index (χ2n) is 5.22. The molecule has 2 rings (SSSR count). The lowest BCUT2D eigenvalue weighted by atomic mass is 10.0. The molecule has 0 saturated carbocycles. The maximum atomic E-state index is 11.6. The zero-order valence-corrected chi connectivity index (χ0v) is 12.8. The van der Waals surface area contributed by atoms with Gasteiger partial charge in [0, 0.05) is 0 Å². The molecule has 4 heteroatoms. The summed E-state index contributed by atoms with van der Waals surface area (Å²) in [6.45, 7) is 4.20. The van der Waals surface area contributed by atoms with Gasteiger partial charge in [-0.3, -0.25) is 4.79 Å². The van der Waals surface area contributed by atoms with Crippen LogP contribution >= 0.6 is 0 Å². The molecule has 2 aromatic carbocycles. The van der Waals surface area contributed by atoms with Crippen molar-refractivity contribution in [2.24, 2.45) is 5.10 Å². The van der Waals surface area contributed by atoms with E-state index in [-0.39, 0.29) is 12.5 Å². The first-order valence-electron chi connectivity index (χ1n) is 7.25. The summed E-state index contributed by atoms with van der Waals surface area (Å²) in [5.41, 5.74) is 4.60. The van der Waals surface area contributed by atoms with Gasteiger partial charge >= 0.3 is 0 Å². The van der Waals surface area contributed by atoms with Crippen molar-refractivity contribution in [3.05, 3.63) is 65.7 Å². The highest BCUT2D eigenvalue weighted by atomic mass is 16.5. The van der Waals surface area contributed by atoms with Crippen LogP contribution in [0, 0.1) is 0 Å². The van der Waals surface area contributed by atoms with Crippen LogP contribution in [-0.2, 0) is 4.79 Å². The Kier molecular flexibility index (Phi) is 5.72. The number of nitrogens with one attached hydrogen (secondary N) is 1. The highest BCUT2D eigenvalue weighted by molar-refractivity contribution is 5.82. The van der Waals surface area contributed by atoms with Gasteiger partial charge in [0.2, 0.25) is 0 Å². The molecule has 114 valence electrons. The van der Waals surface area contributed by atoms with Crippen LogP contribution in [0.1, 0.15) is 30.9 Å². The summed E-state index contributed by atoms with van der Waals surface area (Å²) in [7, 11) is 0. The van der Waals surface area contributed by atoms with Crippen molar-refractivity contribution in [3.63, 3.8) is 0 Å². The number of ether oxygens (including phenoxy) is 1. The third kappa shape index (κ3) is 5.05. The van der Waals surface area contributed by atoms with E-state index in [2.05, 4.69) is 24.4 Å². The van der Waals surface area contributed by atoms with Gasteiger partial charge in [-0.15, -0.1) is 0 Å². The minimum absolute atomic E-state index is 0.0623. The van der Waals surface area contributed by atoms with Crippen molar-refractivity contribution in [1.29, 1.82) is 0 Å². The Hall–Kier alpha value is -2.62. The van der Waals surface area contributed by atoms with Crippen LogP contribution in [0.4, 0.5) is 0 Å². The molecular formula is C18H20N2O2. The summed E-state index contributed by atoms with van der Waals surface area (Å²) >= 11 is 0. The molecular weight excluding hydrogens is 276 g/mol. The lowest BCUT2D eigenvalue weighted by Gasteiger charge is -2.08. The Bertz CT molecular complexity index is 619. The summed E-state index contributed by atoms with van der Waals surface area (Å²) in [5, 5.41) is 3.89. The number of benzene rings is 2. The molecule has 0 aliphatic heterocycles. The predicted octanol–water partition coefficient (Wildman–Crippen LogP) is 3.34. The largest absolute Gasteiger partial charge is 0.484 e. The van der Waals surface area contributed by atoms with E-state index < -0.39 is 0 Å². The molecule has 2 aromatic rings. The molecule has 0 saturated heterocycles. The molecule has 0 aliphatic carbocycles. The zero-order chi connectivity index (χ0) is 15.8. The summed E-state index contributed by atoms with van der Waals surface area (Å²) in [4.78, 5) is 11.6. The summed E-state index contributed by atoms with van der Waals surface area (Å²) in [5.74, 6) is 0.858. The molecule has 0 atom stereocenters. The van der Waals surface area contributed by atoms with Crippen molar-refractivity contribution >= 4 is 12.1 Å². The van der Waals surface area contributed by atoms with E-state index in [0.717, 1.165) is 5.56 Å². The number of hydrogen-bond donors (Lipinski definition) is 1. The third-order valence-corrected chi connectivity index (χ3v) is 3.12. The second kappa shape index (κ2) is 7.98. The van der Waals surface area contributed by atoms with E-state index in [1.165, 1.54) is 5.56 Å². The zero-order valence-electron chi connectivity index (χ0n) is 12.8. The van der Waals surface area contributed by atoms with Crippen molar-refractivity contribution in [2.45, 2.75) is 19.8 Å². The van der Waals surface area contributed by atoms with E-state index in [1.807, 2.05) is 54.6 Å². The molecule has 0 unspecified atom stereocenters. The monoisotopic (exact) mass is 296 g/mol. The van der Waals surface area contributed by atoms with Gasteiger partial charge in [0.15, 0.2) is 6.61 Å². The topological polar surface area (TPSA) is 50.7 Å². The van der Waals surface area contributed by atoms with Crippen molar-refractivity contribution < 1.29 is 9.53 Å². The van der Waals surface area contributed by atoms with E-state index in [1.54, 1.807) is 6.21 Å². The molecule has 0 spiro atoms. The van der Waals surface area contributed by atoms with Crippen LogP contribution in [0.5, 0.6) is 5.75 Å². The summed E-state index contributed by atoms with van der Waals surface area (Å²) in [6, 6.07) is 17.3. The Morgan fingerprint density at radius 3 is 2.45 bits per heavy atom. The fraction of sp³-hybridized carbons (Fsp3) is 0.222. The number of hydrogen-bond acceptors (Lipinski definition) is 3. The molecule has 1 amide bonds. The van der Waals surface area contributed by atoms with Gasteiger partial charge in [-0.05, 0) is 29.2 Å². The number of nitrogens with zero attached hydrogens (tertiary/aromatic N) is 1. The SMILES string of the molecule is CC(C)c1ccc(OCC(=O)NN=Cc2ccccc2)cc1. The fourth-order valence-corrected chi connectivity index (χ4v) is 1.85. The molecule has 0 heterocycles. The second-order valence-corrected chi connectivity index (χ2v) is 5.22. The normalized spacial score (nSPS) is 10.9. The van der Waals surface area contributed by atoms with E-state index in [0.29, 0.717) is 11.7 Å². The van der Waals surface area contributed by atoms with Gasteiger partial charge in [-0.25, -0.2) is 5.43 Å². The highest BCUT2D eigenvalue weighted by Gasteiger charge is 2.03. The van der Waals surface area contributed by atoms with Gasteiger partial charge in [0.25, 0.3) is 5.91 Å². The summed E-state index contributed by atoms with van der Waals surface area (Å²) in [6.07, 6.45) is 1.59. The van der Waals surface area contributed by atoms with Gasteiger partial charge in [0.05, 0.1) is 6.21 Å². The fourth-order valence-electron chi connectivity index (χ4n) is 1.85. The number of carbonyl (C=O) groups is 1. The van der Waals surface area contributed by atoms with Crippen LogP contribution in [0.2, 0.25) is 0 Å². The lowest BCUT2D eigenvalue weighted by molar-refractivity contribution is -0.123.